The van der Waals surface area contributed by atoms with Gasteiger partial charge in [0.2, 0.25) is 11.8 Å². The second-order valence-corrected chi connectivity index (χ2v) is 8.73. The van der Waals surface area contributed by atoms with Gasteiger partial charge in [0.1, 0.15) is 5.75 Å². The molecule has 144 valence electrons. The van der Waals surface area contributed by atoms with Gasteiger partial charge < -0.3 is 15.4 Å². The van der Waals surface area contributed by atoms with E-state index in [4.69, 9.17) is 4.74 Å². The number of benzene rings is 1. The van der Waals surface area contributed by atoms with Gasteiger partial charge in [-0.25, -0.2) is 8.42 Å². The Morgan fingerprint density at radius 2 is 1.88 bits per heavy atom. The number of hydrogen-bond donors (Lipinski definition) is 2. The summed E-state index contributed by atoms with van der Waals surface area (Å²) < 4.78 is 27.8. The summed E-state index contributed by atoms with van der Waals surface area (Å²) in [7, 11) is -1.39. The molecule has 1 unspecified atom stereocenters. The fraction of sp³-hybridized carbons (Fsp3) is 0.556. The molecular formula is C18H26N2O5S. The van der Waals surface area contributed by atoms with Gasteiger partial charge in [0.15, 0.2) is 9.84 Å². The van der Waals surface area contributed by atoms with E-state index in [0.717, 1.165) is 25.0 Å². The van der Waals surface area contributed by atoms with Crippen LogP contribution in [-0.2, 0) is 25.8 Å². The van der Waals surface area contributed by atoms with Crippen molar-refractivity contribution >= 4 is 21.7 Å². The maximum atomic E-state index is 11.8. The summed E-state index contributed by atoms with van der Waals surface area (Å²) >= 11 is 0. The minimum absolute atomic E-state index is 0.0158. The number of carbonyl (C=O) groups excluding carboxylic acids is 2. The lowest BCUT2D eigenvalue weighted by atomic mass is 10.1. The molecule has 0 saturated carbocycles. The summed E-state index contributed by atoms with van der Waals surface area (Å²) in [5.41, 5.74) is 1.19. The van der Waals surface area contributed by atoms with E-state index in [1.807, 2.05) is 24.3 Å². The quantitative estimate of drug-likeness (QED) is 0.616. The van der Waals surface area contributed by atoms with Crippen molar-refractivity contribution in [3.05, 3.63) is 29.8 Å². The van der Waals surface area contributed by atoms with Crippen LogP contribution in [0.15, 0.2) is 24.3 Å². The van der Waals surface area contributed by atoms with E-state index < -0.39 is 9.84 Å². The lowest BCUT2D eigenvalue weighted by Gasteiger charge is -2.11. The number of sulfone groups is 1. The molecule has 0 aliphatic carbocycles. The van der Waals surface area contributed by atoms with E-state index in [1.54, 1.807) is 7.11 Å². The maximum absolute atomic E-state index is 11.8. The Kier molecular flexibility index (Phi) is 7.44. The van der Waals surface area contributed by atoms with Crippen LogP contribution in [0.4, 0.5) is 0 Å². The monoisotopic (exact) mass is 382 g/mol. The molecule has 26 heavy (non-hydrogen) atoms. The first-order valence-corrected chi connectivity index (χ1v) is 10.6. The largest absolute Gasteiger partial charge is 0.497 e. The van der Waals surface area contributed by atoms with Crippen molar-refractivity contribution in [1.82, 2.24) is 10.6 Å². The molecule has 7 nitrogen and oxygen atoms in total. The van der Waals surface area contributed by atoms with Crippen LogP contribution in [0, 0.1) is 0 Å². The number of rotatable bonds is 9. The molecule has 1 fully saturated rings. The number of carbonyl (C=O) groups is 2. The average molecular weight is 382 g/mol. The van der Waals surface area contributed by atoms with Crippen LogP contribution in [0.2, 0.25) is 0 Å². The molecule has 1 saturated heterocycles. The van der Waals surface area contributed by atoms with Gasteiger partial charge in [0.25, 0.3) is 0 Å². The second kappa shape index (κ2) is 9.56. The standard InChI is InChI=1S/C18H26N2O5S/c1-25-16-8-6-14(7-9-16)4-2-3-5-17(21)19-12-18(22)20-15-10-11-26(23,24)13-15/h6-9,15H,2-5,10-13H2,1H3,(H,19,21)(H,20,22). The van der Waals surface area contributed by atoms with Crippen LogP contribution in [0.5, 0.6) is 5.75 Å². The first kappa shape index (κ1) is 20.2. The Morgan fingerprint density at radius 1 is 1.15 bits per heavy atom. The molecule has 1 atom stereocenters. The van der Waals surface area contributed by atoms with Gasteiger partial charge >= 0.3 is 0 Å². The predicted octanol–water partition coefficient (Wildman–Crippen LogP) is 0.828. The molecule has 0 radical (unpaired) electrons. The number of ether oxygens (including phenoxy) is 1. The van der Waals surface area contributed by atoms with Gasteiger partial charge in [0, 0.05) is 12.5 Å². The van der Waals surface area contributed by atoms with E-state index in [9.17, 15) is 18.0 Å². The fourth-order valence-corrected chi connectivity index (χ4v) is 4.54. The highest BCUT2D eigenvalue weighted by molar-refractivity contribution is 7.91. The SMILES string of the molecule is COc1ccc(CCCCC(=O)NCC(=O)NC2CCS(=O)(=O)C2)cc1. The molecule has 2 N–H and O–H groups in total. The molecule has 1 aromatic rings. The van der Waals surface area contributed by atoms with Crippen molar-refractivity contribution in [2.75, 3.05) is 25.2 Å². The molecule has 1 aliphatic heterocycles. The smallest absolute Gasteiger partial charge is 0.239 e. The molecule has 0 aromatic heterocycles. The van der Waals surface area contributed by atoms with Crippen LogP contribution >= 0.6 is 0 Å². The summed E-state index contributed by atoms with van der Waals surface area (Å²) in [5, 5.41) is 5.22. The molecular weight excluding hydrogens is 356 g/mol. The third-order valence-electron chi connectivity index (χ3n) is 4.32. The summed E-state index contributed by atoms with van der Waals surface area (Å²) in [4.78, 5) is 23.5. The Bertz CT molecular complexity index is 716. The van der Waals surface area contributed by atoms with E-state index >= 15 is 0 Å². The van der Waals surface area contributed by atoms with Crippen molar-refractivity contribution in [2.24, 2.45) is 0 Å². The number of hydrogen-bond acceptors (Lipinski definition) is 5. The van der Waals surface area contributed by atoms with Gasteiger partial charge in [-0.15, -0.1) is 0 Å². The minimum Gasteiger partial charge on any atom is -0.497 e. The Labute approximate surface area is 154 Å². The number of methoxy groups -OCH3 is 1. The molecule has 1 aliphatic rings. The third-order valence-corrected chi connectivity index (χ3v) is 6.09. The Balaban J connectivity index is 1.56. The highest BCUT2D eigenvalue weighted by atomic mass is 32.2. The van der Waals surface area contributed by atoms with Crippen LogP contribution in [-0.4, -0.2) is 51.4 Å². The molecule has 1 aromatic carbocycles. The van der Waals surface area contributed by atoms with E-state index in [2.05, 4.69) is 10.6 Å². The minimum atomic E-state index is -3.02. The van der Waals surface area contributed by atoms with Gasteiger partial charge in [-0.2, -0.15) is 0 Å². The van der Waals surface area contributed by atoms with Crippen molar-refractivity contribution in [3.63, 3.8) is 0 Å². The average Bonchev–Trinajstić information content (AvgIpc) is 2.96. The summed E-state index contributed by atoms with van der Waals surface area (Å²) in [6.45, 7) is -0.117. The molecule has 1 heterocycles. The molecule has 2 rings (SSSR count). The zero-order valence-corrected chi connectivity index (χ0v) is 15.8. The van der Waals surface area contributed by atoms with Gasteiger partial charge in [-0.1, -0.05) is 12.1 Å². The fourth-order valence-electron chi connectivity index (χ4n) is 2.86. The summed E-state index contributed by atoms with van der Waals surface area (Å²) in [5.74, 6) is 0.394. The van der Waals surface area contributed by atoms with Gasteiger partial charge in [-0.3, -0.25) is 9.59 Å². The Morgan fingerprint density at radius 3 is 2.50 bits per heavy atom. The molecule has 8 heteroatoms. The van der Waals surface area contributed by atoms with E-state index in [0.29, 0.717) is 12.8 Å². The zero-order chi connectivity index (χ0) is 19.0. The molecule has 2 amide bonds. The van der Waals surface area contributed by atoms with Crippen LogP contribution in [0.1, 0.15) is 31.2 Å². The summed E-state index contributed by atoms with van der Waals surface area (Å²) in [6.07, 6.45) is 3.30. The summed E-state index contributed by atoms with van der Waals surface area (Å²) in [6, 6.07) is 7.50. The normalized spacial score (nSPS) is 18.3. The topological polar surface area (TPSA) is 102 Å². The number of unbranched alkanes of at least 4 members (excludes halogenated alkanes) is 1. The van der Waals surface area contributed by atoms with Crippen LogP contribution in [0.25, 0.3) is 0 Å². The first-order chi connectivity index (χ1) is 12.4. The van der Waals surface area contributed by atoms with E-state index in [-0.39, 0.29) is 35.9 Å². The van der Waals surface area contributed by atoms with Crippen LogP contribution < -0.4 is 15.4 Å². The number of aryl methyl sites for hydroxylation is 1. The van der Waals surface area contributed by atoms with Crippen molar-refractivity contribution in [3.8, 4) is 5.75 Å². The van der Waals surface area contributed by atoms with Crippen molar-refractivity contribution < 1.29 is 22.7 Å². The van der Waals surface area contributed by atoms with Crippen molar-refractivity contribution in [2.45, 2.75) is 38.1 Å². The first-order valence-electron chi connectivity index (χ1n) is 8.77. The highest BCUT2D eigenvalue weighted by Gasteiger charge is 2.28. The highest BCUT2D eigenvalue weighted by Crippen LogP contribution is 2.13. The third kappa shape index (κ3) is 7.03. The second-order valence-electron chi connectivity index (χ2n) is 6.50. The molecule has 0 bridgehead atoms. The lowest BCUT2D eigenvalue weighted by molar-refractivity contribution is -0.126. The van der Waals surface area contributed by atoms with E-state index in [1.165, 1.54) is 5.56 Å². The zero-order valence-electron chi connectivity index (χ0n) is 15.0. The van der Waals surface area contributed by atoms with Gasteiger partial charge in [0.05, 0.1) is 25.2 Å². The predicted molar refractivity (Wildman–Crippen MR) is 98.8 cm³/mol. The van der Waals surface area contributed by atoms with Gasteiger partial charge in [-0.05, 0) is 43.4 Å². The maximum Gasteiger partial charge on any atom is 0.239 e. The lowest BCUT2D eigenvalue weighted by Crippen LogP contribution is -2.42. The number of amides is 2. The van der Waals surface area contributed by atoms with Crippen LogP contribution in [0.3, 0.4) is 0 Å². The molecule has 0 spiro atoms. The number of nitrogens with one attached hydrogen (secondary N) is 2. The van der Waals surface area contributed by atoms with Crippen molar-refractivity contribution in [1.29, 1.82) is 0 Å². The Hall–Kier alpha value is -2.09.